The van der Waals surface area contributed by atoms with Crippen molar-refractivity contribution in [2.75, 3.05) is 23.8 Å². The van der Waals surface area contributed by atoms with Gasteiger partial charge in [-0.15, -0.1) is 0 Å². The van der Waals surface area contributed by atoms with E-state index in [-0.39, 0.29) is 28.6 Å². The Labute approximate surface area is 217 Å². The third-order valence-corrected chi connectivity index (χ3v) is 6.26. The molecule has 2 aromatic carbocycles. The first-order valence-corrected chi connectivity index (χ1v) is 12.0. The van der Waals surface area contributed by atoms with Crippen molar-refractivity contribution in [1.82, 2.24) is 9.69 Å². The summed E-state index contributed by atoms with van der Waals surface area (Å²) in [5.74, 6) is -2.99. The summed E-state index contributed by atoms with van der Waals surface area (Å²) >= 11 is 0.683. The van der Waals surface area contributed by atoms with Crippen molar-refractivity contribution < 1.29 is 29.0 Å². The highest BCUT2D eigenvalue weighted by molar-refractivity contribution is 7.09. The molecule has 0 aliphatic heterocycles. The predicted molar refractivity (Wildman–Crippen MR) is 138 cm³/mol. The Morgan fingerprint density at radius 1 is 1.14 bits per heavy atom. The molecule has 0 bridgehead atoms. The molecule has 194 valence electrons. The van der Waals surface area contributed by atoms with Gasteiger partial charge in [0.2, 0.25) is 5.91 Å². The summed E-state index contributed by atoms with van der Waals surface area (Å²) in [6.07, 6.45) is 0. The number of esters is 1. The van der Waals surface area contributed by atoms with E-state index in [0.29, 0.717) is 28.3 Å². The zero-order valence-corrected chi connectivity index (χ0v) is 21.3. The number of aromatic hydroxyl groups is 1. The molecule has 0 radical (unpaired) electrons. The number of phenolic OH excluding ortho intramolecular Hbond substituents is 1. The third kappa shape index (κ3) is 6.04. The molecule has 6 N–H and O–H groups in total. The van der Waals surface area contributed by atoms with E-state index < -0.39 is 36.3 Å². The van der Waals surface area contributed by atoms with Gasteiger partial charge in [0.1, 0.15) is 23.2 Å². The molecule has 0 aliphatic carbocycles. The molecule has 3 rings (SSSR count). The fraction of sp³-hybridized carbons (Fsp3) is 0.240. The highest BCUT2D eigenvalue weighted by Gasteiger charge is 2.36. The molecule has 11 nitrogen and oxygen atoms in total. The minimum absolute atomic E-state index is 0.0448. The van der Waals surface area contributed by atoms with Crippen LogP contribution in [0.5, 0.6) is 5.75 Å². The van der Waals surface area contributed by atoms with Crippen LogP contribution in [0.25, 0.3) is 0 Å². The Morgan fingerprint density at radius 3 is 2.38 bits per heavy atom. The molecule has 3 amide bonds. The molecule has 1 atom stereocenters. The van der Waals surface area contributed by atoms with Crippen LogP contribution in [0.3, 0.4) is 0 Å². The molecule has 1 heterocycles. The van der Waals surface area contributed by atoms with Gasteiger partial charge in [-0.2, -0.15) is 4.37 Å². The van der Waals surface area contributed by atoms with Gasteiger partial charge in [0.25, 0.3) is 11.8 Å². The maximum Gasteiger partial charge on any atom is 0.325 e. The first-order chi connectivity index (χ1) is 17.5. The monoisotopic (exact) mass is 525 g/mol. The van der Waals surface area contributed by atoms with Crippen LogP contribution in [-0.2, 0) is 14.3 Å². The zero-order valence-electron chi connectivity index (χ0n) is 20.5. The number of primary amides is 1. The SMILES string of the molecule is CCOC(=O)CNC(=O)[C@@H](c1ccc(O)cc1)N(C(=O)c1snc(C(N)=O)c1N)c1ccc(C)cc1C. The molecule has 12 heteroatoms. The van der Waals surface area contributed by atoms with E-state index in [9.17, 15) is 24.3 Å². The van der Waals surface area contributed by atoms with Crippen LogP contribution in [0, 0.1) is 13.8 Å². The number of amides is 3. The molecule has 37 heavy (non-hydrogen) atoms. The second-order valence-corrected chi connectivity index (χ2v) is 8.89. The molecule has 3 aromatic rings. The van der Waals surface area contributed by atoms with E-state index in [1.165, 1.54) is 29.2 Å². The van der Waals surface area contributed by atoms with Crippen LogP contribution in [0.2, 0.25) is 0 Å². The summed E-state index contributed by atoms with van der Waals surface area (Å²) in [5, 5.41) is 12.3. The van der Waals surface area contributed by atoms with Crippen molar-refractivity contribution in [2.24, 2.45) is 5.73 Å². The molecule has 0 aliphatic rings. The summed E-state index contributed by atoms with van der Waals surface area (Å²) < 4.78 is 8.81. The van der Waals surface area contributed by atoms with Gasteiger partial charge in [-0.1, -0.05) is 29.8 Å². The van der Waals surface area contributed by atoms with Crippen molar-refractivity contribution >= 4 is 46.6 Å². The van der Waals surface area contributed by atoms with Gasteiger partial charge in [0.05, 0.1) is 12.3 Å². The number of nitrogens with zero attached hydrogens (tertiary/aromatic N) is 2. The van der Waals surface area contributed by atoms with E-state index in [1.807, 2.05) is 13.0 Å². The van der Waals surface area contributed by atoms with Crippen LogP contribution < -0.4 is 21.7 Å². The second-order valence-electron chi connectivity index (χ2n) is 8.12. The zero-order chi connectivity index (χ0) is 27.3. The van der Waals surface area contributed by atoms with E-state index >= 15 is 0 Å². The Bertz CT molecular complexity index is 1340. The normalized spacial score (nSPS) is 11.4. The fourth-order valence-corrected chi connectivity index (χ4v) is 4.46. The average Bonchev–Trinajstić information content (AvgIpc) is 3.24. The van der Waals surface area contributed by atoms with Gasteiger partial charge in [0.15, 0.2) is 5.69 Å². The number of carbonyl (C=O) groups excluding carboxylic acids is 4. The Balaban J connectivity index is 2.19. The number of anilines is 2. The summed E-state index contributed by atoms with van der Waals surface area (Å²) in [7, 11) is 0. The van der Waals surface area contributed by atoms with Crippen molar-refractivity contribution in [3.63, 3.8) is 0 Å². The minimum Gasteiger partial charge on any atom is -0.508 e. The number of rotatable bonds is 9. The number of benzene rings is 2. The number of hydrogen-bond donors (Lipinski definition) is 4. The van der Waals surface area contributed by atoms with Gasteiger partial charge in [-0.05, 0) is 61.6 Å². The first-order valence-electron chi connectivity index (χ1n) is 11.2. The number of carbonyl (C=O) groups is 4. The van der Waals surface area contributed by atoms with Crippen molar-refractivity contribution in [1.29, 1.82) is 0 Å². The first kappa shape index (κ1) is 27.1. The summed E-state index contributed by atoms with van der Waals surface area (Å²) in [5.41, 5.74) is 13.3. The predicted octanol–water partition coefficient (Wildman–Crippen LogP) is 2.21. The van der Waals surface area contributed by atoms with Crippen molar-refractivity contribution in [3.05, 3.63) is 69.7 Å². The van der Waals surface area contributed by atoms with Gasteiger partial charge in [-0.25, -0.2) is 0 Å². The maximum atomic E-state index is 14.0. The molecule has 0 spiro atoms. The molecule has 0 saturated carbocycles. The van der Waals surface area contributed by atoms with Crippen LogP contribution in [0.4, 0.5) is 11.4 Å². The van der Waals surface area contributed by atoms with Crippen LogP contribution in [-0.4, -0.2) is 46.3 Å². The second kappa shape index (κ2) is 11.5. The van der Waals surface area contributed by atoms with Gasteiger partial charge < -0.3 is 26.6 Å². The van der Waals surface area contributed by atoms with Crippen LogP contribution >= 0.6 is 11.5 Å². The summed E-state index contributed by atoms with van der Waals surface area (Å²) in [6.45, 7) is 5.00. The number of ether oxygens (including phenoxy) is 1. The maximum absolute atomic E-state index is 14.0. The van der Waals surface area contributed by atoms with E-state index in [1.54, 1.807) is 26.0 Å². The molecular formula is C25H27N5O6S. The number of nitrogens with one attached hydrogen (secondary N) is 1. The number of aromatic nitrogens is 1. The number of phenols is 1. The minimum atomic E-state index is -1.30. The van der Waals surface area contributed by atoms with E-state index in [2.05, 4.69) is 9.69 Å². The molecule has 0 fully saturated rings. The number of hydrogen-bond acceptors (Lipinski definition) is 9. The lowest BCUT2D eigenvalue weighted by molar-refractivity contribution is -0.143. The largest absolute Gasteiger partial charge is 0.508 e. The van der Waals surface area contributed by atoms with Gasteiger partial charge in [0, 0.05) is 5.69 Å². The topological polar surface area (TPSA) is 178 Å². The van der Waals surface area contributed by atoms with Gasteiger partial charge in [-0.3, -0.25) is 24.1 Å². The summed E-state index contributed by atoms with van der Waals surface area (Å²) in [4.78, 5) is 52.4. The number of nitrogens with two attached hydrogens (primary N) is 2. The van der Waals surface area contributed by atoms with Gasteiger partial charge >= 0.3 is 5.97 Å². The molecule has 1 aromatic heterocycles. The van der Waals surface area contributed by atoms with Crippen molar-refractivity contribution in [2.45, 2.75) is 26.8 Å². The van der Waals surface area contributed by atoms with E-state index in [0.717, 1.165) is 5.56 Å². The van der Waals surface area contributed by atoms with Crippen LogP contribution in [0.1, 0.15) is 49.8 Å². The lowest BCUT2D eigenvalue weighted by Crippen LogP contribution is -2.45. The number of aryl methyl sites for hydroxylation is 2. The summed E-state index contributed by atoms with van der Waals surface area (Å²) in [6, 6.07) is 9.71. The molecule has 0 saturated heterocycles. The average molecular weight is 526 g/mol. The van der Waals surface area contributed by atoms with Crippen molar-refractivity contribution in [3.8, 4) is 5.75 Å². The lowest BCUT2D eigenvalue weighted by Gasteiger charge is -2.32. The molecule has 0 unspecified atom stereocenters. The van der Waals surface area contributed by atoms with E-state index in [4.69, 9.17) is 16.2 Å². The third-order valence-electron chi connectivity index (χ3n) is 5.41. The fourth-order valence-electron chi connectivity index (χ4n) is 3.72. The van der Waals surface area contributed by atoms with Crippen LogP contribution in [0.15, 0.2) is 42.5 Å². The Kier molecular flexibility index (Phi) is 8.45. The lowest BCUT2D eigenvalue weighted by atomic mass is 10.0. The highest BCUT2D eigenvalue weighted by Crippen LogP contribution is 2.35. The number of nitrogen functional groups attached to an aromatic ring is 1. The Hall–Kier alpha value is -4.45. The smallest absolute Gasteiger partial charge is 0.325 e. The quantitative estimate of drug-likeness (QED) is 0.307. The Morgan fingerprint density at radius 2 is 1.81 bits per heavy atom. The molecular weight excluding hydrogens is 498 g/mol. The standard InChI is InChI=1S/C25H27N5O6S/c1-4-36-18(32)12-28-24(34)21(15-6-8-16(31)9-7-15)30(17-10-5-13(2)11-14(17)3)25(35)22-19(26)20(23(27)33)29-37-22/h5-11,21,31H,4,12,26H2,1-3H3,(H2,27,33)(H,28,34)/t21-/m1/s1. The highest BCUT2D eigenvalue weighted by atomic mass is 32.1.